The normalized spacial score (nSPS) is 14.2. The van der Waals surface area contributed by atoms with Gasteiger partial charge in [0, 0.05) is 26.7 Å². The smallest absolute Gasteiger partial charge is 0.353 e. The van der Waals surface area contributed by atoms with Gasteiger partial charge in [-0.3, -0.25) is 10.1 Å². The molecule has 1 N–H and O–H groups in total. The molecular weight excluding hydrogens is 250 g/mol. The molecule has 1 saturated carbocycles. The van der Waals surface area contributed by atoms with Gasteiger partial charge in [-0.25, -0.2) is 9.97 Å². The van der Waals surface area contributed by atoms with Crippen molar-refractivity contribution in [3.8, 4) is 0 Å². The van der Waals surface area contributed by atoms with E-state index < -0.39 is 4.92 Å². The molecule has 0 amide bonds. The van der Waals surface area contributed by atoms with Crippen molar-refractivity contribution in [2.24, 2.45) is 0 Å². The minimum absolute atomic E-state index is 0.0759. The summed E-state index contributed by atoms with van der Waals surface area (Å²) in [5, 5.41) is 14.0. The summed E-state index contributed by atoms with van der Waals surface area (Å²) < 4.78 is 5.06. The van der Waals surface area contributed by atoms with Crippen molar-refractivity contribution < 1.29 is 9.66 Å². The zero-order valence-corrected chi connectivity index (χ0v) is 11.0. The van der Waals surface area contributed by atoms with Crippen molar-refractivity contribution in [1.29, 1.82) is 0 Å². The third-order valence-electron chi connectivity index (χ3n) is 3.02. The minimum atomic E-state index is -0.441. The highest BCUT2D eigenvalue weighted by molar-refractivity contribution is 5.70. The van der Waals surface area contributed by atoms with Crippen molar-refractivity contribution in [3.05, 3.63) is 16.4 Å². The highest BCUT2D eigenvalue weighted by atomic mass is 16.6. The average Bonchev–Trinajstić information content (AvgIpc) is 3.23. The predicted octanol–water partition coefficient (Wildman–Crippen LogP) is 1.04. The zero-order chi connectivity index (χ0) is 13.8. The van der Waals surface area contributed by atoms with Crippen LogP contribution < -0.4 is 10.2 Å². The summed E-state index contributed by atoms with van der Waals surface area (Å²) in [6, 6.07) is 0.313. The van der Waals surface area contributed by atoms with Crippen LogP contribution in [0.15, 0.2) is 6.33 Å². The van der Waals surface area contributed by atoms with Gasteiger partial charge in [-0.15, -0.1) is 0 Å². The van der Waals surface area contributed by atoms with E-state index in [4.69, 9.17) is 4.74 Å². The van der Waals surface area contributed by atoms with Gasteiger partial charge < -0.3 is 15.0 Å². The number of rotatable bonds is 7. The lowest BCUT2D eigenvalue weighted by molar-refractivity contribution is -0.383. The van der Waals surface area contributed by atoms with E-state index in [-0.39, 0.29) is 11.5 Å². The molecule has 8 nitrogen and oxygen atoms in total. The van der Waals surface area contributed by atoms with Crippen molar-refractivity contribution >= 4 is 17.3 Å². The standard InChI is InChI=1S/C11H17N5O3/c1-12-10-9(16(17)18)11(14-7-13-10)15(5-6-19-2)8-3-4-8/h7-8H,3-6H2,1-2H3,(H,12,13,14). The van der Waals surface area contributed by atoms with Crippen LogP contribution >= 0.6 is 0 Å². The molecule has 2 rings (SSSR count). The lowest BCUT2D eigenvalue weighted by Gasteiger charge is -2.22. The molecule has 1 aromatic rings. The summed E-state index contributed by atoms with van der Waals surface area (Å²) in [5.41, 5.74) is -0.0759. The van der Waals surface area contributed by atoms with E-state index in [0.29, 0.717) is 25.0 Å². The Bertz CT molecular complexity index is 464. The first-order valence-electron chi connectivity index (χ1n) is 6.11. The van der Waals surface area contributed by atoms with Gasteiger partial charge in [-0.05, 0) is 12.8 Å². The SMILES string of the molecule is CNc1ncnc(N(CCOC)C2CC2)c1[N+](=O)[O-]. The lowest BCUT2D eigenvalue weighted by atomic mass is 10.3. The summed E-state index contributed by atoms with van der Waals surface area (Å²) >= 11 is 0. The number of nitrogens with one attached hydrogen (secondary N) is 1. The van der Waals surface area contributed by atoms with Crippen LogP contribution in [-0.4, -0.2) is 48.2 Å². The van der Waals surface area contributed by atoms with Gasteiger partial charge in [0.15, 0.2) is 0 Å². The van der Waals surface area contributed by atoms with E-state index in [9.17, 15) is 10.1 Å². The van der Waals surface area contributed by atoms with Crippen LogP contribution in [0.3, 0.4) is 0 Å². The molecule has 0 saturated heterocycles. The first-order valence-corrected chi connectivity index (χ1v) is 6.11. The van der Waals surface area contributed by atoms with Crippen molar-refractivity contribution in [1.82, 2.24) is 9.97 Å². The molecule has 0 aromatic carbocycles. The first kappa shape index (κ1) is 13.5. The quantitative estimate of drug-likeness (QED) is 0.582. The highest BCUT2D eigenvalue weighted by Gasteiger charge is 2.35. The van der Waals surface area contributed by atoms with E-state index in [1.165, 1.54) is 6.33 Å². The molecule has 1 aliphatic carbocycles. The van der Waals surface area contributed by atoms with Gasteiger partial charge in [-0.2, -0.15) is 0 Å². The first-order chi connectivity index (χ1) is 9.19. The van der Waals surface area contributed by atoms with Crippen LogP contribution in [0.5, 0.6) is 0 Å². The maximum Gasteiger partial charge on any atom is 0.353 e. The van der Waals surface area contributed by atoms with E-state index in [1.54, 1.807) is 14.2 Å². The topological polar surface area (TPSA) is 93.4 Å². The molecule has 0 bridgehead atoms. The molecule has 1 fully saturated rings. The molecule has 1 aromatic heterocycles. The number of methoxy groups -OCH3 is 1. The van der Waals surface area contributed by atoms with E-state index in [0.717, 1.165) is 12.8 Å². The number of nitrogens with zero attached hydrogens (tertiary/aromatic N) is 4. The summed E-state index contributed by atoms with van der Waals surface area (Å²) in [7, 11) is 3.22. The Kier molecular flexibility index (Phi) is 4.10. The highest BCUT2D eigenvalue weighted by Crippen LogP contribution is 2.37. The van der Waals surface area contributed by atoms with Gasteiger partial charge >= 0.3 is 5.69 Å². The maximum absolute atomic E-state index is 11.3. The van der Waals surface area contributed by atoms with Crippen LogP contribution in [0.1, 0.15) is 12.8 Å². The molecule has 0 radical (unpaired) electrons. The van der Waals surface area contributed by atoms with Crippen LogP contribution in [-0.2, 0) is 4.74 Å². The minimum Gasteiger partial charge on any atom is -0.383 e. The van der Waals surface area contributed by atoms with Crippen molar-refractivity contribution in [2.75, 3.05) is 37.5 Å². The van der Waals surface area contributed by atoms with Gasteiger partial charge in [0.2, 0.25) is 11.6 Å². The average molecular weight is 267 g/mol. The maximum atomic E-state index is 11.3. The predicted molar refractivity (Wildman–Crippen MR) is 70.5 cm³/mol. The summed E-state index contributed by atoms with van der Waals surface area (Å²) in [6.45, 7) is 1.09. The van der Waals surface area contributed by atoms with Gasteiger partial charge in [-0.1, -0.05) is 0 Å². The second-order valence-corrected chi connectivity index (χ2v) is 4.32. The second-order valence-electron chi connectivity index (χ2n) is 4.32. The largest absolute Gasteiger partial charge is 0.383 e. The fourth-order valence-electron chi connectivity index (χ4n) is 1.97. The number of ether oxygens (including phenoxy) is 1. The van der Waals surface area contributed by atoms with Gasteiger partial charge in [0.1, 0.15) is 6.33 Å². The van der Waals surface area contributed by atoms with Gasteiger partial charge in [0.25, 0.3) is 0 Å². The van der Waals surface area contributed by atoms with Crippen molar-refractivity contribution in [3.63, 3.8) is 0 Å². The summed E-state index contributed by atoms with van der Waals surface area (Å²) in [5.74, 6) is 0.599. The van der Waals surface area contributed by atoms with Crippen molar-refractivity contribution in [2.45, 2.75) is 18.9 Å². The van der Waals surface area contributed by atoms with E-state index in [1.807, 2.05) is 4.90 Å². The molecule has 0 spiro atoms. The Hall–Kier alpha value is -1.96. The molecule has 19 heavy (non-hydrogen) atoms. The van der Waals surface area contributed by atoms with Gasteiger partial charge in [0.05, 0.1) is 11.5 Å². The number of anilines is 2. The third kappa shape index (κ3) is 2.90. The van der Waals surface area contributed by atoms with E-state index >= 15 is 0 Å². The summed E-state index contributed by atoms with van der Waals surface area (Å²) in [6.07, 6.45) is 3.40. The number of hydrogen-bond acceptors (Lipinski definition) is 7. The molecule has 0 atom stereocenters. The van der Waals surface area contributed by atoms with Crippen LogP contribution in [0.4, 0.5) is 17.3 Å². The monoisotopic (exact) mass is 267 g/mol. The fraction of sp³-hybridized carbons (Fsp3) is 0.636. The molecule has 1 aliphatic rings. The molecule has 0 aliphatic heterocycles. The number of nitro groups is 1. The Morgan fingerprint density at radius 3 is 2.84 bits per heavy atom. The molecule has 104 valence electrons. The molecule has 0 unspecified atom stereocenters. The Labute approximate surface area is 110 Å². The molecular formula is C11H17N5O3. The van der Waals surface area contributed by atoms with Crippen LogP contribution in [0.25, 0.3) is 0 Å². The zero-order valence-electron chi connectivity index (χ0n) is 11.0. The Morgan fingerprint density at radius 1 is 1.58 bits per heavy atom. The summed E-state index contributed by atoms with van der Waals surface area (Å²) in [4.78, 5) is 20.7. The fourth-order valence-corrected chi connectivity index (χ4v) is 1.97. The van der Waals surface area contributed by atoms with E-state index in [2.05, 4.69) is 15.3 Å². The Balaban J connectivity index is 2.37. The number of aromatic nitrogens is 2. The third-order valence-corrected chi connectivity index (χ3v) is 3.02. The lowest BCUT2D eigenvalue weighted by Crippen LogP contribution is -2.31. The molecule has 8 heteroatoms. The van der Waals surface area contributed by atoms with Crippen LogP contribution in [0, 0.1) is 10.1 Å². The Morgan fingerprint density at radius 2 is 2.32 bits per heavy atom. The van der Waals surface area contributed by atoms with Crippen LogP contribution in [0.2, 0.25) is 0 Å². The second kappa shape index (κ2) is 5.79. The molecule has 1 heterocycles. The number of hydrogen-bond donors (Lipinski definition) is 1.